The smallest absolute Gasteiger partial charge is 0.103 e. The number of hydrogen-bond acceptors (Lipinski definition) is 2. The number of rotatable bonds is 2. The van der Waals surface area contributed by atoms with E-state index in [0.717, 1.165) is 22.1 Å². The zero-order valence-electron chi connectivity index (χ0n) is 10.6. The average molecular weight is 279 g/mol. The number of nitrogens with zero attached hydrogens (tertiary/aromatic N) is 1. The Hall–Kier alpha value is -2.50. The molecule has 1 N–H and O–H groups in total. The van der Waals surface area contributed by atoms with Crippen molar-refractivity contribution in [2.75, 3.05) is 5.32 Å². The van der Waals surface area contributed by atoms with Crippen molar-refractivity contribution in [2.24, 2.45) is 0 Å². The van der Waals surface area contributed by atoms with E-state index in [1.54, 1.807) is 6.07 Å². The summed E-state index contributed by atoms with van der Waals surface area (Å²) in [6, 6.07) is 21.7. The number of halogens is 1. The lowest BCUT2D eigenvalue weighted by Gasteiger charge is -2.11. The monoisotopic (exact) mass is 278 g/mol. The van der Waals surface area contributed by atoms with Crippen LogP contribution in [0.1, 0.15) is 5.56 Å². The normalized spacial score (nSPS) is 10.2. The molecule has 3 aromatic carbocycles. The second kappa shape index (κ2) is 5.24. The maximum atomic E-state index is 9.22. The lowest BCUT2D eigenvalue weighted by atomic mass is 10.1. The van der Waals surface area contributed by atoms with E-state index in [0.29, 0.717) is 10.6 Å². The Morgan fingerprint density at radius 1 is 0.850 bits per heavy atom. The largest absolute Gasteiger partial charge is 0.354 e. The van der Waals surface area contributed by atoms with Gasteiger partial charge in [-0.2, -0.15) is 5.26 Å². The highest BCUT2D eigenvalue weighted by molar-refractivity contribution is 6.32. The van der Waals surface area contributed by atoms with Crippen LogP contribution in [0, 0.1) is 11.3 Å². The minimum Gasteiger partial charge on any atom is -0.354 e. The first-order valence-corrected chi connectivity index (χ1v) is 6.61. The minimum absolute atomic E-state index is 0.456. The second-order valence-electron chi connectivity index (χ2n) is 4.43. The summed E-state index contributed by atoms with van der Waals surface area (Å²) in [6.45, 7) is 0. The number of nitriles is 1. The summed E-state index contributed by atoms with van der Waals surface area (Å²) in [4.78, 5) is 0. The fourth-order valence-corrected chi connectivity index (χ4v) is 2.44. The van der Waals surface area contributed by atoms with Crippen LogP contribution in [-0.4, -0.2) is 0 Å². The van der Waals surface area contributed by atoms with Crippen molar-refractivity contribution in [1.82, 2.24) is 0 Å². The van der Waals surface area contributed by atoms with E-state index in [4.69, 9.17) is 11.6 Å². The third kappa shape index (κ3) is 2.20. The topological polar surface area (TPSA) is 35.8 Å². The van der Waals surface area contributed by atoms with Crippen molar-refractivity contribution in [1.29, 1.82) is 5.26 Å². The van der Waals surface area contributed by atoms with Gasteiger partial charge in [-0.15, -0.1) is 0 Å². The van der Waals surface area contributed by atoms with Crippen LogP contribution in [0.3, 0.4) is 0 Å². The van der Waals surface area contributed by atoms with Crippen molar-refractivity contribution in [3.8, 4) is 6.07 Å². The molecule has 0 aliphatic carbocycles. The van der Waals surface area contributed by atoms with Crippen molar-refractivity contribution < 1.29 is 0 Å². The highest BCUT2D eigenvalue weighted by Gasteiger charge is 2.07. The molecule has 0 spiro atoms. The molecule has 0 radical (unpaired) electrons. The summed E-state index contributed by atoms with van der Waals surface area (Å²) >= 11 is 6.05. The van der Waals surface area contributed by atoms with Gasteiger partial charge in [0.1, 0.15) is 6.07 Å². The number of anilines is 2. The van der Waals surface area contributed by atoms with Crippen LogP contribution in [-0.2, 0) is 0 Å². The van der Waals surface area contributed by atoms with Crippen LogP contribution in [0.25, 0.3) is 10.8 Å². The Morgan fingerprint density at radius 3 is 2.40 bits per heavy atom. The molecule has 0 bridgehead atoms. The Balaban J connectivity index is 2.11. The van der Waals surface area contributed by atoms with Gasteiger partial charge in [-0.1, -0.05) is 54.1 Å². The molecule has 3 aromatic rings. The summed E-state index contributed by atoms with van der Waals surface area (Å²) in [5.41, 5.74) is 2.14. The van der Waals surface area contributed by atoms with Gasteiger partial charge >= 0.3 is 0 Å². The van der Waals surface area contributed by atoms with Crippen LogP contribution in [0.5, 0.6) is 0 Å². The van der Waals surface area contributed by atoms with Gasteiger partial charge in [0.25, 0.3) is 0 Å². The van der Waals surface area contributed by atoms with Crippen molar-refractivity contribution in [2.45, 2.75) is 0 Å². The molecule has 0 saturated carbocycles. The fraction of sp³-hybridized carbons (Fsp3) is 0. The lowest BCUT2D eigenvalue weighted by molar-refractivity contribution is 1.47. The van der Waals surface area contributed by atoms with Crippen LogP contribution in [0.2, 0.25) is 5.02 Å². The summed E-state index contributed by atoms with van der Waals surface area (Å²) in [7, 11) is 0. The van der Waals surface area contributed by atoms with Gasteiger partial charge in [0, 0.05) is 11.1 Å². The van der Waals surface area contributed by atoms with E-state index in [2.05, 4.69) is 23.5 Å². The molecule has 0 amide bonds. The molecule has 0 aliphatic rings. The molecule has 0 atom stereocenters. The molecule has 0 aliphatic heterocycles. The quantitative estimate of drug-likeness (QED) is 0.707. The highest BCUT2D eigenvalue weighted by atomic mass is 35.5. The molecule has 3 rings (SSSR count). The molecular formula is C17H11ClN2. The SMILES string of the molecule is N#Cc1c(Cl)cccc1Nc1cccc2ccccc12. The summed E-state index contributed by atoms with van der Waals surface area (Å²) < 4.78 is 0. The second-order valence-corrected chi connectivity index (χ2v) is 4.83. The van der Waals surface area contributed by atoms with Gasteiger partial charge in [-0.05, 0) is 23.6 Å². The zero-order valence-corrected chi connectivity index (χ0v) is 11.4. The van der Waals surface area contributed by atoms with E-state index in [9.17, 15) is 5.26 Å². The lowest BCUT2D eigenvalue weighted by Crippen LogP contribution is -1.95. The van der Waals surface area contributed by atoms with E-state index in [-0.39, 0.29) is 0 Å². The Labute approximate surface area is 122 Å². The molecule has 96 valence electrons. The van der Waals surface area contributed by atoms with E-state index in [1.807, 2.05) is 42.5 Å². The minimum atomic E-state index is 0.456. The number of hydrogen-bond donors (Lipinski definition) is 1. The Bertz CT molecular complexity index is 813. The van der Waals surface area contributed by atoms with Gasteiger partial charge in [0.15, 0.2) is 0 Å². The number of fused-ring (bicyclic) bond motifs is 1. The first-order valence-electron chi connectivity index (χ1n) is 6.23. The maximum absolute atomic E-state index is 9.22. The van der Waals surface area contributed by atoms with Crippen LogP contribution < -0.4 is 5.32 Å². The standard InChI is InChI=1S/C17H11ClN2/c18-15-8-4-10-17(14(15)11-19)20-16-9-3-6-12-5-1-2-7-13(12)16/h1-10,20H. The predicted molar refractivity (Wildman–Crippen MR) is 83.4 cm³/mol. The molecule has 0 heterocycles. The highest BCUT2D eigenvalue weighted by Crippen LogP contribution is 2.30. The Morgan fingerprint density at radius 2 is 1.55 bits per heavy atom. The third-order valence-corrected chi connectivity index (χ3v) is 3.50. The van der Waals surface area contributed by atoms with Crippen LogP contribution >= 0.6 is 11.6 Å². The zero-order chi connectivity index (χ0) is 13.9. The molecule has 0 saturated heterocycles. The van der Waals surface area contributed by atoms with Gasteiger partial charge in [-0.25, -0.2) is 0 Å². The predicted octanol–water partition coefficient (Wildman–Crippen LogP) is 5.11. The average Bonchev–Trinajstić information content (AvgIpc) is 2.48. The van der Waals surface area contributed by atoms with Gasteiger partial charge in [0.05, 0.1) is 16.3 Å². The van der Waals surface area contributed by atoms with Crippen LogP contribution in [0.15, 0.2) is 60.7 Å². The Kier molecular flexibility index (Phi) is 3.28. The van der Waals surface area contributed by atoms with Gasteiger partial charge < -0.3 is 5.32 Å². The van der Waals surface area contributed by atoms with E-state index >= 15 is 0 Å². The molecule has 0 fully saturated rings. The first kappa shape index (κ1) is 12.5. The van der Waals surface area contributed by atoms with E-state index in [1.165, 1.54) is 0 Å². The molecule has 20 heavy (non-hydrogen) atoms. The summed E-state index contributed by atoms with van der Waals surface area (Å²) in [6.07, 6.45) is 0. The number of benzene rings is 3. The van der Waals surface area contributed by atoms with E-state index < -0.39 is 0 Å². The molecule has 0 aromatic heterocycles. The fourth-order valence-electron chi connectivity index (χ4n) is 2.22. The summed E-state index contributed by atoms with van der Waals surface area (Å²) in [5, 5.41) is 15.2. The molecule has 0 unspecified atom stereocenters. The van der Waals surface area contributed by atoms with Crippen LogP contribution in [0.4, 0.5) is 11.4 Å². The van der Waals surface area contributed by atoms with Crippen molar-refractivity contribution in [3.05, 3.63) is 71.2 Å². The first-order chi connectivity index (χ1) is 9.79. The van der Waals surface area contributed by atoms with Gasteiger partial charge in [-0.3, -0.25) is 0 Å². The molecule has 3 heteroatoms. The maximum Gasteiger partial charge on any atom is 0.103 e. The summed E-state index contributed by atoms with van der Waals surface area (Å²) in [5.74, 6) is 0. The number of nitrogens with one attached hydrogen (secondary N) is 1. The molecule has 2 nitrogen and oxygen atoms in total. The molecular weight excluding hydrogens is 268 g/mol. The third-order valence-electron chi connectivity index (χ3n) is 3.18. The van der Waals surface area contributed by atoms with Crippen molar-refractivity contribution in [3.63, 3.8) is 0 Å². The van der Waals surface area contributed by atoms with Gasteiger partial charge in [0.2, 0.25) is 0 Å². The van der Waals surface area contributed by atoms with Crippen molar-refractivity contribution >= 4 is 33.7 Å².